The number of nitrogens with zero attached hydrogens (tertiary/aromatic N) is 2. The number of rotatable bonds is 6. The summed E-state index contributed by atoms with van der Waals surface area (Å²) >= 11 is 0. The fourth-order valence-electron chi connectivity index (χ4n) is 4.40. The van der Waals surface area contributed by atoms with E-state index in [1.165, 1.54) is 0 Å². The third-order valence-electron chi connectivity index (χ3n) is 5.92. The zero-order chi connectivity index (χ0) is 19.9. The summed E-state index contributed by atoms with van der Waals surface area (Å²) < 4.78 is 0. The molecule has 2 saturated heterocycles. The van der Waals surface area contributed by atoms with Crippen LogP contribution in [0, 0.1) is 5.92 Å². The number of carbonyl (C=O) groups excluding carboxylic acids is 2. The molecule has 152 valence electrons. The highest BCUT2D eigenvalue weighted by atomic mass is 16.4. The number of hydrogen-bond acceptors (Lipinski definition) is 3. The first-order valence-electron chi connectivity index (χ1n) is 10.4. The fourth-order valence-corrected chi connectivity index (χ4v) is 4.40. The van der Waals surface area contributed by atoms with Crippen molar-refractivity contribution in [1.29, 1.82) is 0 Å². The maximum atomic E-state index is 13.2. The first-order valence-corrected chi connectivity index (χ1v) is 10.4. The number of amides is 2. The van der Waals surface area contributed by atoms with E-state index >= 15 is 0 Å². The summed E-state index contributed by atoms with van der Waals surface area (Å²) in [4.78, 5) is 40.5. The van der Waals surface area contributed by atoms with Crippen LogP contribution in [0.15, 0.2) is 30.3 Å². The van der Waals surface area contributed by atoms with Crippen molar-refractivity contribution in [2.75, 3.05) is 19.6 Å². The molecular formula is C22H30N2O4. The molecule has 0 aliphatic carbocycles. The largest absolute Gasteiger partial charge is 0.481 e. The van der Waals surface area contributed by atoms with Crippen LogP contribution in [0.25, 0.3) is 0 Å². The van der Waals surface area contributed by atoms with Gasteiger partial charge in [0.05, 0.1) is 12.3 Å². The molecule has 2 atom stereocenters. The van der Waals surface area contributed by atoms with E-state index in [1.54, 1.807) is 0 Å². The lowest BCUT2D eigenvalue weighted by molar-refractivity contribution is -0.145. The highest BCUT2D eigenvalue weighted by molar-refractivity contribution is 5.82. The number of carbonyl (C=O) groups is 3. The number of likely N-dealkylation sites (tertiary alicyclic amines) is 2. The molecule has 1 aromatic rings. The van der Waals surface area contributed by atoms with Crippen LogP contribution < -0.4 is 0 Å². The predicted molar refractivity (Wildman–Crippen MR) is 106 cm³/mol. The van der Waals surface area contributed by atoms with Crippen molar-refractivity contribution >= 4 is 17.8 Å². The quantitative estimate of drug-likeness (QED) is 0.815. The molecule has 2 amide bonds. The van der Waals surface area contributed by atoms with Crippen molar-refractivity contribution in [2.24, 2.45) is 5.92 Å². The van der Waals surface area contributed by atoms with Gasteiger partial charge >= 0.3 is 5.97 Å². The van der Waals surface area contributed by atoms with Gasteiger partial charge in [-0.2, -0.15) is 0 Å². The van der Waals surface area contributed by atoms with Gasteiger partial charge in [0.2, 0.25) is 11.8 Å². The zero-order valence-electron chi connectivity index (χ0n) is 16.4. The summed E-state index contributed by atoms with van der Waals surface area (Å²) in [6.45, 7) is 1.89. The lowest BCUT2D eigenvalue weighted by Gasteiger charge is -2.40. The Balaban J connectivity index is 1.59. The lowest BCUT2D eigenvalue weighted by Crippen LogP contribution is -2.51. The molecule has 6 heteroatoms. The van der Waals surface area contributed by atoms with Crippen LogP contribution in [0.3, 0.4) is 0 Å². The Morgan fingerprint density at radius 2 is 1.79 bits per heavy atom. The number of benzene rings is 1. The molecule has 2 heterocycles. The third kappa shape index (κ3) is 5.33. The molecule has 2 aliphatic heterocycles. The minimum Gasteiger partial charge on any atom is -0.481 e. The molecule has 2 aliphatic rings. The number of carboxylic acids is 1. The molecule has 1 N–H and O–H groups in total. The minimum absolute atomic E-state index is 0.0211. The van der Waals surface area contributed by atoms with Gasteiger partial charge in [0.15, 0.2) is 0 Å². The molecule has 0 bridgehead atoms. The Bertz CT molecular complexity index is 691. The fraction of sp³-hybridized carbons (Fsp3) is 0.591. The van der Waals surface area contributed by atoms with Gasteiger partial charge < -0.3 is 14.9 Å². The summed E-state index contributed by atoms with van der Waals surface area (Å²) in [6, 6.07) is 9.71. The van der Waals surface area contributed by atoms with E-state index in [1.807, 2.05) is 40.1 Å². The molecular weight excluding hydrogens is 356 g/mol. The second-order valence-corrected chi connectivity index (χ2v) is 7.95. The Kier molecular flexibility index (Phi) is 7.06. The first kappa shape index (κ1) is 20.4. The van der Waals surface area contributed by atoms with Gasteiger partial charge in [0, 0.05) is 32.1 Å². The average Bonchev–Trinajstić information content (AvgIpc) is 2.72. The third-order valence-corrected chi connectivity index (χ3v) is 5.92. The average molecular weight is 386 g/mol. The van der Waals surface area contributed by atoms with E-state index in [0.29, 0.717) is 32.5 Å². The number of piperidine rings is 2. The standard InChI is InChI=1S/C22H30N2O4/c25-20(15-17-7-2-1-3-8-17)23-13-6-9-18(16-23)22(28)24-14-5-4-10-19(24)11-12-21(26)27/h1-3,7-8,18-19H,4-6,9-16H2,(H,26,27). The van der Waals surface area contributed by atoms with Crippen LogP contribution in [-0.4, -0.2) is 58.4 Å². The van der Waals surface area contributed by atoms with Crippen LogP contribution in [0.5, 0.6) is 0 Å². The zero-order valence-corrected chi connectivity index (χ0v) is 16.4. The SMILES string of the molecule is O=C(O)CCC1CCCCN1C(=O)C1CCCN(C(=O)Cc2ccccc2)C1. The van der Waals surface area contributed by atoms with Crippen LogP contribution in [0.1, 0.15) is 50.5 Å². The van der Waals surface area contributed by atoms with Crippen LogP contribution in [-0.2, 0) is 20.8 Å². The monoisotopic (exact) mass is 386 g/mol. The maximum absolute atomic E-state index is 13.2. The van der Waals surface area contributed by atoms with Crippen molar-refractivity contribution in [3.63, 3.8) is 0 Å². The van der Waals surface area contributed by atoms with Gasteiger partial charge in [-0.25, -0.2) is 0 Å². The van der Waals surface area contributed by atoms with E-state index < -0.39 is 5.97 Å². The Morgan fingerprint density at radius 3 is 2.54 bits per heavy atom. The highest BCUT2D eigenvalue weighted by Crippen LogP contribution is 2.26. The van der Waals surface area contributed by atoms with Crippen LogP contribution >= 0.6 is 0 Å². The second kappa shape index (κ2) is 9.71. The molecule has 3 rings (SSSR count). The molecule has 0 aromatic heterocycles. The molecule has 0 saturated carbocycles. The molecule has 0 radical (unpaired) electrons. The molecule has 2 fully saturated rings. The summed E-state index contributed by atoms with van der Waals surface area (Å²) in [5, 5.41) is 8.99. The van der Waals surface area contributed by atoms with E-state index in [0.717, 1.165) is 37.7 Å². The molecule has 1 aromatic carbocycles. The summed E-state index contributed by atoms with van der Waals surface area (Å²) in [7, 11) is 0. The smallest absolute Gasteiger partial charge is 0.303 e. The van der Waals surface area contributed by atoms with Crippen molar-refractivity contribution in [3.05, 3.63) is 35.9 Å². The molecule has 2 unspecified atom stereocenters. The molecule has 0 spiro atoms. The van der Waals surface area contributed by atoms with Crippen LogP contribution in [0.4, 0.5) is 0 Å². The van der Waals surface area contributed by atoms with Gasteiger partial charge in [-0.05, 0) is 44.1 Å². The highest BCUT2D eigenvalue weighted by Gasteiger charge is 2.35. The van der Waals surface area contributed by atoms with Crippen molar-refractivity contribution in [1.82, 2.24) is 9.80 Å². The van der Waals surface area contributed by atoms with Crippen LogP contribution in [0.2, 0.25) is 0 Å². The number of aliphatic carboxylic acids is 1. The summed E-state index contributed by atoms with van der Waals surface area (Å²) in [5.74, 6) is -0.802. The van der Waals surface area contributed by atoms with Gasteiger partial charge in [-0.1, -0.05) is 30.3 Å². The van der Waals surface area contributed by atoms with E-state index in [-0.39, 0.29) is 30.2 Å². The first-order chi connectivity index (χ1) is 13.5. The minimum atomic E-state index is -0.812. The molecule has 28 heavy (non-hydrogen) atoms. The van der Waals surface area contributed by atoms with Crippen molar-refractivity contribution < 1.29 is 19.5 Å². The van der Waals surface area contributed by atoms with Gasteiger partial charge in [-0.15, -0.1) is 0 Å². The summed E-state index contributed by atoms with van der Waals surface area (Å²) in [6.07, 6.45) is 5.51. The van der Waals surface area contributed by atoms with Crippen molar-refractivity contribution in [3.8, 4) is 0 Å². The Hall–Kier alpha value is -2.37. The van der Waals surface area contributed by atoms with E-state index in [4.69, 9.17) is 5.11 Å². The molecule has 6 nitrogen and oxygen atoms in total. The normalized spacial score (nSPS) is 22.7. The van der Waals surface area contributed by atoms with Crippen molar-refractivity contribution in [2.45, 2.75) is 57.4 Å². The Morgan fingerprint density at radius 1 is 1.00 bits per heavy atom. The second-order valence-electron chi connectivity index (χ2n) is 7.95. The van der Waals surface area contributed by atoms with E-state index in [9.17, 15) is 14.4 Å². The number of carboxylic acid groups (broad SMARTS) is 1. The number of hydrogen-bond donors (Lipinski definition) is 1. The van der Waals surface area contributed by atoms with Gasteiger partial charge in [-0.3, -0.25) is 14.4 Å². The van der Waals surface area contributed by atoms with E-state index in [2.05, 4.69) is 0 Å². The topological polar surface area (TPSA) is 77.9 Å². The van der Waals surface area contributed by atoms with Gasteiger partial charge in [0.1, 0.15) is 0 Å². The predicted octanol–water partition coefficient (Wildman–Crippen LogP) is 2.71. The lowest BCUT2D eigenvalue weighted by atomic mass is 9.92. The maximum Gasteiger partial charge on any atom is 0.303 e. The summed E-state index contributed by atoms with van der Waals surface area (Å²) in [5.41, 5.74) is 0.991. The Labute approximate surface area is 166 Å². The van der Waals surface area contributed by atoms with Gasteiger partial charge in [0.25, 0.3) is 0 Å².